The second-order valence-corrected chi connectivity index (χ2v) is 8.28. The van der Waals surface area contributed by atoms with Crippen molar-refractivity contribution in [1.29, 1.82) is 0 Å². The number of halogens is 2. The van der Waals surface area contributed by atoms with Crippen molar-refractivity contribution in [3.05, 3.63) is 52.5 Å². The van der Waals surface area contributed by atoms with Crippen LogP contribution in [0.1, 0.15) is 25.3 Å². The summed E-state index contributed by atoms with van der Waals surface area (Å²) >= 11 is 3.30. The van der Waals surface area contributed by atoms with Crippen molar-refractivity contribution < 1.29 is 13.2 Å². The number of rotatable bonds is 4. The fourth-order valence-electron chi connectivity index (χ4n) is 1.78. The molecule has 0 radical (unpaired) electrons. The smallest absolute Gasteiger partial charge is 0.261 e. The average Bonchev–Trinajstić information content (AvgIpc) is 2.40. The molecule has 112 valence electrons. The fourth-order valence-corrected chi connectivity index (χ4v) is 3.17. The maximum atomic E-state index is 11.3. The lowest BCUT2D eigenvalue weighted by molar-refractivity contribution is 0.478. The van der Waals surface area contributed by atoms with E-state index >= 15 is 0 Å². The van der Waals surface area contributed by atoms with Gasteiger partial charge in [-0.15, -0.1) is 0 Å². The highest BCUT2D eigenvalue weighted by Gasteiger charge is 2.13. The molecule has 0 unspecified atom stereocenters. The van der Waals surface area contributed by atoms with Gasteiger partial charge in [0.25, 0.3) is 9.05 Å². The lowest BCUT2D eigenvalue weighted by Gasteiger charge is -2.11. The van der Waals surface area contributed by atoms with Crippen molar-refractivity contribution in [1.82, 2.24) is 0 Å². The third-order valence-electron chi connectivity index (χ3n) is 2.94. The molecule has 0 bridgehead atoms. The summed E-state index contributed by atoms with van der Waals surface area (Å²) in [5.74, 6) is 1.63. The van der Waals surface area contributed by atoms with Crippen LogP contribution in [0.3, 0.4) is 0 Å². The van der Waals surface area contributed by atoms with E-state index < -0.39 is 9.05 Å². The van der Waals surface area contributed by atoms with Crippen LogP contribution >= 0.6 is 26.6 Å². The Kier molecular flexibility index (Phi) is 4.96. The summed E-state index contributed by atoms with van der Waals surface area (Å²) in [5, 5.41) is 0. The molecule has 6 heteroatoms. The van der Waals surface area contributed by atoms with E-state index in [4.69, 9.17) is 15.4 Å². The zero-order valence-electron chi connectivity index (χ0n) is 11.5. The predicted molar refractivity (Wildman–Crippen MR) is 87.8 cm³/mol. The topological polar surface area (TPSA) is 43.4 Å². The largest absolute Gasteiger partial charge is 0.456 e. The van der Waals surface area contributed by atoms with Gasteiger partial charge in [-0.25, -0.2) is 8.42 Å². The SMILES string of the molecule is CC(C)c1cccc(Oc2ccc(S(=O)(=O)Cl)cc2Br)c1. The van der Waals surface area contributed by atoms with Crippen LogP contribution in [0.25, 0.3) is 0 Å². The van der Waals surface area contributed by atoms with Gasteiger partial charge < -0.3 is 4.74 Å². The molecule has 0 fully saturated rings. The molecule has 0 amide bonds. The van der Waals surface area contributed by atoms with Gasteiger partial charge in [-0.05, 0) is 57.7 Å². The summed E-state index contributed by atoms with van der Waals surface area (Å²) in [6.45, 7) is 4.21. The third kappa shape index (κ3) is 4.22. The first-order valence-corrected chi connectivity index (χ1v) is 9.39. The lowest BCUT2D eigenvalue weighted by atomic mass is 10.0. The van der Waals surface area contributed by atoms with Crippen LogP contribution in [0.15, 0.2) is 51.8 Å². The maximum Gasteiger partial charge on any atom is 0.261 e. The molecular formula is C15H14BrClO3S. The molecule has 0 saturated carbocycles. The number of hydrogen-bond acceptors (Lipinski definition) is 3. The van der Waals surface area contributed by atoms with Crippen LogP contribution < -0.4 is 4.74 Å². The van der Waals surface area contributed by atoms with E-state index in [1.54, 1.807) is 6.07 Å². The van der Waals surface area contributed by atoms with Gasteiger partial charge in [-0.1, -0.05) is 26.0 Å². The van der Waals surface area contributed by atoms with E-state index in [9.17, 15) is 8.42 Å². The first-order valence-electron chi connectivity index (χ1n) is 6.29. The van der Waals surface area contributed by atoms with E-state index in [0.29, 0.717) is 21.9 Å². The number of ether oxygens (including phenoxy) is 1. The zero-order chi connectivity index (χ0) is 15.6. The zero-order valence-corrected chi connectivity index (χ0v) is 14.7. The highest BCUT2D eigenvalue weighted by molar-refractivity contribution is 9.10. The predicted octanol–water partition coefficient (Wildman–Crippen LogP) is 5.29. The minimum atomic E-state index is -3.75. The molecule has 3 nitrogen and oxygen atoms in total. The van der Waals surface area contributed by atoms with E-state index in [1.807, 2.05) is 24.3 Å². The maximum absolute atomic E-state index is 11.3. The van der Waals surface area contributed by atoms with Gasteiger partial charge in [0, 0.05) is 10.7 Å². The molecule has 2 rings (SSSR count). The Morgan fingerprint density at radius 2 is 1.86 bits per heavy atom. The first-order chi connectivity index (χ1) is 9.77. The number of hydrogen-bond donors (Lipinski definition) is 0. The van der Waals surface area contributed by atoms with Crippen molar-refractivity contribution in [2.75, 3.05) is 0 Å². The van der Waals surface area contributed by atoms with Gasteiger partial charge in [0.05, 0.1) is 9.37 Å². The van der Waals surface area contributed by atoms with E-state index in [2.05, 4.69) is 29.8 Å². The standard InChI is InChI=1S/C15H14BrClO3S/c1-10(2)11-4-3-5-12(8-11)20-15-7-6-13(9-14(15)16)21(17,18)19/h3-10H,1-2H3. The van der Waals surface area contributed by atoms with Crippen molar-refractivity contribution in [2.24, 2.45) is 0 Å². The Balaban J connectivity index is 2.30. The Bertz CT molecular complexity index is 757. The molecule has 21 heavy (non-hydrogen) atoms. The normalized spacial score (nSPS) is 11.7. The van der Waals surface area contributed by atoms with Crippen molar-refractivity contribution in [3.63, 3.8) is 0 Å². The molecule has 0 N–H and O–H groups in total. The van der Waals surface area contributed by atoms with Gasteiger partial charge in [0.2, 0.25) is 0 Å². The van der Waals surface area contributed by atoms with Gasteiger partial charge in [-0.2, -0.15) is 0 Å². The van der Waals surface area contributed by atoms with Crippen molar-refractivity contribution in [2.45, 2.75) is 24.7 Å². The Morgan fingerprint density at radius 1 is 1.14 bits per heavy atom. The number of benzene rings is 2. The van der Waals surface area contributed by atoms with Gasteiger partial charge >= 0.3 is 0 Å². The minimum Gasteiger partial charge on any atom is -0.456 e. The molecule has 0 saturated heterocycles. The summed E-state index contributed by atoms with van der Waals surface area (Å²) in [5.41, 5.74) is 1.17. The van der Waals surface area contributed by atoms with Crippen LogP contribution in [-0.4, -0.2) is 8.42 Å². The summed E-state index contributed by atoms with van der Waals surface area (Å²) in [6, 6.07) is 12.2. The first kappa shape index (κ1) is 16.3. The summed E-state index contributed by atoms with van der Waals surface area (Å²) in [4.78, 5) is 0.0272. The summed E-state index contributed by atoms with van der Waals surface area (Å²) < 4.78 is 28.9. The van der Waals surface area contributed by atoms with Crippen LogP contribution in [0.2, 0.25) is 0 Å². The molecule has 2 aromatic carbocycles. The van der Waals surface area contributed by atoms with Crippen LogP contribution in [0, 0.1) is 0 Å². The summed E-state index contributed by atoms with van der Waals surface area (Å²) in [6.07, 6.45) is 0. The average molecular weight is 390 g/mol. The van der Waals surface area contributed by atoms with Crippen molar-refractivity contribution in [3.8, 4) is 11.5 Å². The molecule has 0 heterocycles. The Hall–Kier alpha value is -1.04. The molecule has 0 aliphatic heterocycles. The summed E-state index contributed by atoms with van der Waals surface area (Å²) in [7, 11) is 1.56. The molecule has 0 atom stereocenters. The van der Waals surface area contributed by atoms with Gasteiger partial charge in [0.15, 0.2) is 0 Å². The van der Waals surface area contributed by atoms with Crippen LogP contribution in [-0.2, 0) is 9.05 Å². The molecule has 0 aromatic heterocycles. The fraction of sp³-hybridized carbons (Fsp3) is 0.200. The second-order valence-electron chi connectivity index (χ2n) is 4.86. The molecule has 0 aliphatic rings. The Morgan fingerprint density at radius 3 is 2.43 bits per heavy atom. The van der Waals surface area contributed by atoms with Gasteiger partial charge in [-0.3, -0.25) is 0 Å². The van der Waals surface area contributed by atoms with Crippen LogP contribution in [0.4, 0.5) is 0 Å². The third-order valence-corrected chi connectivity index (χ3v) is 4.91. The second kappa shape index (κ2) is 6.38. The molecular weight excluding hydrogens is 376 g/mol. The van der Waals surface area contributed by atoms with Crippen LogP contribution in [0.5, 0.6) is 11.5 Å². The Labute approximate surface area is 137 Å². The minimum absolute atomic E-state index is 0.0272. The molecule has 0 aliphatic carbocycles. The highest BCUT2D eigenvalue weighted by atomic mass is 79.9. The molecule has 0 spiro atoms. The van der Waals surface area contributed by atoms with E-state index in [1.165, 1.54) is 17.7 Å². The quantitative estimate of drug-likeness (QED) is 0.667. The lowest BCUT2D eigenvalue weighted by Crippen LogP contribution is -1.93. The highest BCUT2D eigenvalue weighted by Crippen LogP contribution is 2.33. The van der Waals surface area contributed by atoms with Gasteiger partial charge in [0.1, 0.15) is 11.5 Å². The van der Waals surface area contributed by atoms with E-state index in [0.717, 1.165) is 0 Å². The van der Waals surface area contributed by atoms with Crippen molar-refractivity contribution >= 4 is 35.7 Å². The van der Waals surface area contributed by atoms with E-state index in [-0.39, 0.29) is 4.90 Å². The molecule has 2 aromatic rings. The monoisotopic (exact) mass is 388 g/mol.